The maximum Gasteiger partial charge on any atom is 0.229 e. The number of methoxy groups -OCH3 is 2. The number of carbonyl (C=O) groups is 2. The largest absolute Gasteiger partial charge is 0.497 e. The molecule has 6 nitrogen and oxygen atoms in total. The zero-order valence-corrected chi connectivity index (χ0v) is 17.9. The Balaban J connectivity index is 1.92. The molecule has 0 bridgehead atoms. The second-order valence-electron chi connectivity index (χ2n) is 7.49. The topological polar surface area (TPSA) is 67.9 Å². The monoisotopic (exact) mass is 410 g/mol. The van der Waals surface area contributed by atoms with Crippen LogP contribution in [-0.4, -0.2) is 37.5 Å². The Morgan fingerprint density at radius 2 is 1.83 bits per heavy atom. The van der Waals surface area contributed by atoms with Crippen LogP contribution in [0.4, 0.5) is 5.69 Å². The van der Waals surface area contributed by atoms with E-state index in [2.05, 4.69) is 12.2 Å². The maximum absolute atomic E-state index is 13.3. The molecular weight excluding hydrogens is 380 g/mol. The first-order valence-corrected chi connectivity index (χ1v) is 10.5. The van der Waals surface area contributed by atoms with E-state index in [0.717, 1.165) is 24.2 Å². The number of amides is 2. The van der Waals surface area contributed by atoms with Crippen LogP contribution in [0, 0.1) is 5.92 Å². The van der Waals surface area contributed by atoms with Crippen LogP contribution < -0.4 is 14.8 Å². The molecule has 2 aromatic rings. The number of rotatable bonds is 8. The number of benzene rings is 2. The molecule has 3 rings (SSSR count). The molecule has 1 saturated heterocycles. The van der Waals surface area contributed by atoms with Gasteiger partial charge in [0.2, 0.25) is 11.8 Å². The van der Waals surface area contributed by atoms with E-state index in [-0.39, 0.29) is 23.8 Å². The van der Waals surface area contributed by atoms with Crippen molar-refractivity contribution in [3.05, 3.63) is 54.1 Å². The number of unbranched alkanes of at least 4 members (excludes halogenated alkanes) is 1. The van der Waals surface area contributed by atoms with E-state index in [1.807, 2.05) is 53.4 Å². The smallest absolute Gasteiger partial charge is 0.229 e. The van der Waals surface area contributed by atoms with Crippen molar-refractivity contribution < 1.29 is 19.1 Å². The van der Waals surface area contributed by atoms with Gasteiger partial charge in [0, 0.05) is 24.2 Å². The van der Waals surface area contributed by atoms with Gasteiger partial charge in [-0.25, -0.2) is 0 Å². The third-order valence-corrected chi connectivity index (χ3v) is 5.61. The van der Waals surface area contributed by atoms with Crippen molar-refractivity contribution in [3.63, 3.8) is 0 Å². The summed E-state index contributed by atoms with van der Waals surface area (Å²) in [7, 11) is 3.22. The standard InChI is InChI=1S/C24H30N2O4/c1-4-5-16-26-22(27)15-14-20(23(26)19-8-6-7-9-21(19)30-3)24(28)25-17-10-12-18(29-2)13-11-17/h6-13,20,23H,4-5,14-16H2,1-3H3,(H,25,28)/t20-,23-/m1/s1. The van der Waals surface area contributed by atoms with E-state index in [1.54, 1.807) is 14.2 Å². The van der Waals surface area contributed by atoms with Crippen molar-refractivity contribution in [1.82, 2.24) is 4.90 Å². The van der Waals surface area contributed by atoms with Crippen LogP contribution in [0.25, 0.3) is 0 Å². The van der Waals surface area contributed by atoms with Crippen molar-refractivity contribution in [2.75, 3.05) is 26.1 Å². The Labute approximate surface area is 178 Å². The molecule has 160 valence electrons. The summed E-state index contributed by atoms with van der Waals surface area (Å²) >= 11 is 0. The third kappa shape index (κ3) is 4.75. The summed E-state index contributed by atoms with van der Waals surface area (Å²) in [6, 6.07) is 14.6. The minimum Gasteiger partial charge on any atom is -0.497 e. The minimum absolute atomic E-state index is 0.0906. The Hall–Kier alpha value is -3.02. The van der Waals surface area contributed by atoms with E-state index in [4.69, 9.17) is 9.47 Å². The number of piperidine rings is 1. The lowest BCUT2D eigenvalue weighted by atomic mass is 9.83. The number of hydrogen-bond donors (Lipinski definition) is 1. The molecule has 2 atom stereocenters. The number of anilines is 1. The van der Waals surface area contributed by atoms with Crippen molar-refractivity contribution in [2.24, 2.45) is 5.92 Å². The second-order valence-corrected chi connectivity index (χ2v) is 7.49. The fourth-order valence-electron chi connectivity index (χ4n) is 4.02. The van der Waals surface area contributed by atoms with Gasteiger partial charge in [0.05, 0.1) is 26.2 Å². The molecule has 1 heterocycles. The number of carbonyl (C=O) groups excluding carboxylic acids is 2. The molecule has 0 radical (unpaired) electrons. The number of ether oxygens (including phenoxy) is 2. The van der Waals surface area contributed by atoms with E-state index in [1.165, 1.54) is 0 Å². The molecule has 0 saturated carbocycles. The Morgan fingerprint density at radius 3 is 2.50 bits per heavy atom. The van der Waals surface area contributed by atoms with Gasteiger partial charge in [0.15, 0.2) is 0 Å². The average Bonchev–Trinajstić information content (AvgIpc) is 2.78. The molecule has 1 aliphatic rings. The zero-order valence-electron chi connectivity index (χ0n) is 17.9. The molecule has 2 aromatic carbocycles. The fourth-order valence-corrected chi connectivity index (χ4v) is 4.02. The number of para-hydroxylation sites is 1. The first-order chi connectivity index (χ1) is 14.6. The highest BCUT2D eigenvalue weighted by Crippen LogP contribution is 2.41. The summed E-state index contributed by atoms with van der Waals surface area (Å²) in [5.41, 5.74) is 1.58. The van der Waals surface area contributed by atoms with Gasteiger partial charge in [0.25, 0.3) is 0 Å². The highest BCUT2D eigenvalue weighted by molar-refractivity contribution is 5.94. The summed E-state index contributed by atoms with van der Waals surface area (Å²) in [6.45, 7) is 2.73. The summed E-state index contributed by atoms with van der Waals surface area (Å²) in [6.07, 6.45) is 2.75. The van der Waals surface area contributed by atoms with Gasteiger partial charge in [-0.15, -0.1) is 0 Å². The Morgan fingerprint density at radius 1 is 1.10 bits per heavy atom. The lowest BCUT2D eigenvalue weighted by Gasteiger charge is -2.41. The summed E-state index contributed by atoms with van der Waals surface area (Å²) in [5.74, 6) is 1.06. The predicted molar refractivity (Wildman–Crippen MR) is 117 cm³/mol. The van der Waals surface area contributed by atoms with Gasteiger partial charge in [-0.2, -0.15) is 0 Å². The lowest BCUT2D eigenvalue weighted by Crippen LogP contribution is -2.47. The molecule has 0 unspecified atom stereocenters. The number of nitrogens with one attached hydrogen (secondary N) is 1. The van der Waals surface area contributed by atoms with Crippen molar-refractivity contribution in [3.8, 4) is 11.5 Å². The van der Waals surface area contributed by atoms with E-state index < -0.39 is 0 Å². The van der Waals surface area contributed by atoms with Gasteiger partial charge in [-0.05, 0) is 43.2 Å². The molecule has 2 amide bonds. The van der Waals surface area contributed by atoms with Crippen LogP contribution in [-0.2, 0) is 9.59 Å². The van der Waals surface area contributed by atoms with Gasteiger partial charge >= 0.3 is 0 Å². The van der Waals surface area contributed by atoms with E-state index >= 15 is 0 Å². The molecule has 0 aliphatic carbocycles. The Kier molecular flexibility index (Phi) is 7.33. The molecular formula is C24H30N2O4. The quantitative estimate of drug-likeness (QED) is 0.699. The summed E-state index contributed by atoms with van der Waals surface area (Å²) in [5, 5.41) is 3.02. The normalized spacial score (nSPS) is 18.8. The molecule has 0 aromatic heterocycles. The summed E-state index contributed by atoms with van der Waals surface area (Å²) in [4.78, 5) is 28.0. The number of hydrogen-bond acceptors (Lipinski definition) is 4. The lowest BCUT2D eigenvalue weighted by molar-refractivity contribution is -0.142. The van der Waals surface area contributed by atoms with Crippen molar-refractivity contribution in [2.45, 2.75) is 38.6 Å². The van der Waals surface area contributed by atoms with Crippen LogP contribution in [0.2, 0.25) is 0 Å². The van der Waals surface area contributed by atoms with Gasteiger partial charge in [-0.1, -0.05) is 31.5 Å². The SMILES string of the molecule is CCCCN1C(=O)CC[C@@H](C(=O)Nc2ccc(OC)cc2)[C@H]1c1ccccc1OC. The molecule has 1 fully saturated rings. The zero-order chi connectivity index (χ0) is 21.5. The van der Waals surface area contributed by atoms with Gasteiger partial charge in [0.1, 0.15) is 11.5 Å². The van der Waals surface area contributed by atoms with Gasteiger partial charge in [-0.3, -0.25) is 9.59 Å². The molecule has 1 aliphatic heterocycles. The first kappa shape index (κ1) is 21.7. The Bertz CT molecular complexity index is 866. The highest BCUT2D eigenvalue weighted by Gasteiger charge is 2.41. The average molecular weight is 411 g/mol. The highest BCUT2D eigenvalue weighted by atomic mass is 16.5. The maximum atomic E-state index is 13.3. The third-order valence-electron chi connectivity index (χ3n) is 5.61. The first-order valence-electron chi connectivity index (χ1n) is 10.5. The summed E-state index contributed by atoms with van der Waals surface area (Å²) < 4.78 is 10.8. The van der Waals surface area contributed by atoms with Gasteiger partial charge < -0.3 is 19.7 Å². The van der Waals surface area contributed by atoms with Crippen LogP contribution in [0.1, 0.15) is 44.2 Å². The van der Waals surface area contributed by atoms with Crippen LogP contribution in [0.15, 0.2) is 48.5 Å². The van der Waals surface area contributed by atoms with Crippen LogP contribution >= 0.6 is 0 Å². The predicted octanol–water partition coefficient (Wildman–Crippen LogP) is 4.42. The second kappa shape index (κ2) is 10.1. The van der Waals surface area contributed by atoms with Crippen molar-refractivity contribution >= 4 is 17.5 Å². The molecule has 0 spiro atoms. The van der Waals surface area contributed by atoms with E-state index in [9.17, 15) is 9.59 Å². The fraction of sp³-hybridized carbons (Fsp3) is 0.417. The van der Waals surface area contributed by atoms with E-state index in [0.29, 0.717) is 30.8 Å². The molecule has 6 heteroatoms. The minimum atomic E-state index is -0.363. The molecule has 1 N–H and O–H groups in total. The van der Waals surface area contributed by atoms with Crippen LogP contribution in [0.5, 0.6) is 11.5 Å². The van der Waals surface area contributed by atoms with Crippen molar-refractivity contribution in [1.29, 1.82) is 0 Å². The molecule has 30 heavy (non-hydrogen) atoms. The number of likely N-dealkylation sites (tertiary alicyclic amines) is 1. The number of nitrogens with zero attached hydrogens (tertiary/aromatic N) is 1. The van der Waals surface area contributed by atoms with Crippen LogP contribution in [0.3, 0.4) is 0 Å².